The van der Waals surface area contributed by atoms with Crippen molar-refractivity contribution in [2.45, 2.75) is 0 Å². The van der Waals surface area contributed by atoms with Gasteiger partial charge in [-0.2, -0.15) is 0 Å². The van der Waals surface area contributed by atoms with Gasteiger partial charge in [0.25, 0.3) is 0 Å². The molecule has 1 fully saturated rings. The van der Waals surface area contributed by atoms with Crippen LogP contribution in [-0.4, -0.2) is 62.6 Å². The number of carboxylic acid groups (broad SMARTS) is 1. The molecule has 1 aromatic heterocycles. The third-order valence-corrected chi connectivity index (χ3v) is 4.07. The van der Waals surface area contributed by atoms with Gasteiger partial charge in [0.1, 0.15) is 5.56 Å². The number of rotatable bonds is 6. The third kappa shape index (κ3) is 3.27. The van der Waals surface area contributed by atoms with Crippen LogP contribution in [0.1, 0.15) is 10.4 Å². The Hall–Kier alpha value is -2.38. The van der Waals surface area contributed by atoms with E-state index in [4.69, 9.17) is 9.47 Å². The van der Waals surface area contributed by atoms with Crippen molar-refractivity contribution >= 4 is 28.2 Å². The molecule has 24 heavy (non-hydrogen) atoms. The number of hydrogen-bond acceptors (Lipinski definition) is 6. The van der Waals surface area contributed by atoms with Gasteiger partial charge < -0.3 is 24.8 Å². The Morgan fingerprint density at radius 2 is 2.21 bits per heavy atom. The van der Waals surface area contributed by atoms with Crippen molar-refractivity contribution in [3.63, 3.8) is 0 Å². The number of morpholine rings is 1. The van der Waals surface area contributed by atoms with Crippen LogP contribution in [0.4, 0.5) is 11.4 Å². The van der Waals surface area contributed by atoms with Gasteiger partial charge in [0.15, 0.2) is 0 Å². The van der Waals surface area contributed by atoms with Crippen molar-refractivity contribution in [3.8, 4) is 0 Å². The molecule has 0 atom stereocenters. The van der Waals surface area contributed by atoms with Crippen molar-refractivity contribution in [1.82, 2.24) is 4.98 Å². The number of aromatic carboxylic acids is 1. The molecule has 0 radical (unpaired) electrons. The number of carboxylic acids is 1. The van der Waals surface area contributed by atoms with Crippen LogP contribution in [-0.2, 0) is 9.47 Å². The second kappa shape index (κ2) is 7.46. The number of aromatic nitrogens is 1. The molecule has 7 heteroatoms. The van der Waals surface area contributed by atoms with Gasteiger partial charge in [0, 0.05) is 38.3 Å². The lowest BCUT2D eigenvalue weighted by Gasteiger charge is -2.29. The zero-order chi connectivity index (χ0) is 16.9. The summed E-state index contributed by atoms with van der Waals surface area (Å²) in [5, 5.41) is 13.4. The lowest BCUT2D eigenvalue weighted by molar-refractivity contribution is 0.0697. The van der Waals surface area contributed by atoms with Crippen molar-refractivity contribution in [3.05, 3.63) is 30.0 Å². The highest BCUT2D eigenvalue weighted by Gasteiger charge is 2.19. The molecule has 3 rings (SSSR count). The molecular weight excluding hydrogens is 310 g/mol. The summed E-state index contributed by atoms with van der Waals surface area (Å²) in [6.07, 6.45) is 1.42. The summed E-state index contributed by atoms with van der Waals surface area (Å²) in [5.41, 5.74) is 2.55. The number of anilines is 2. The Kier molecular flexibility index (Phi) is 5.12. The molecule has 7 nitrogen and oxygen atoms in total. The summed E-state index contributed by atoms with van der Waals surface area (Å²) in [4.78, 5) is 18.2. The van der Waals surface area contributed by atoms with Gasteiger partial charge >= 0.3 is 5.97 Å². The number of nitrogens with one attached hydrogen (secondary N) is 1. The summed E-state index contributed by atoms with van der Waals surface area (Å²) in [7, 11) is 1.61. The number of pyridine rings is 1. The zero-order valence-corrected chi connectivity index (χ0v) is 13.6. The van der Waals surface area contributed by atoms with E-state index in [9.17, 15) is 9.90 Å². The van der Waals surface area contributed by atoms with E-state index in [1.54, 1.807) is 7.11 Å². The van der Waals surface area contributed by atoms with Crippen LogP contribution < -0.4 is 10.2 Å². The summed E-state index contributed by atoms with van der Waals surface area (Å²) in [6.45, 7) is 3.98. The summed E-state index contributed by atoms with van der Waals surface area (Å²) in [5.74, 6) is -0.999. The molecule has 1 aromatic carbocycles. The average molecular weight is 331 g/mol. The minimum atomic E-state index is -0.999. The molecule has 0 aliphatic carbocycles. The number of benzene rings is 1. The Bertz CT molecular complexity index is 729. The lowest BCUT2D eigenvalue weighted by atomic mass is 10.1. The Morgan fingerprint density at radius 3 is 2.92 bits per heavy atom. The van der Waals surface area contributed by atoms with E-state index >= 15 is 0 Å². The van der Waals surface area contributed by atoms with Crippen molar-refractivity contribution in [2.75, 3.05) is 56.8 Å². The molecule has 2 aromatic rings. The van der Waals surface area contributed by atoms with Gasteiger partial charge in [-0.25, -0.2) is 4.79 Å². The fourth-order valence-electron chi connectivity index (χ4n) is 2.90. The van der Waals surface area contributed by atoms with E-state index in [2.05, 4.69) is 15.2 Å². The fourth-order valence-corrected chi connectivity index (χ4v) is 2.90. The molecule has 0 saturated carbocycles. The topological polar surface area (TPSA) is 83.9 Å². The summed E-state index contributed by atoms with van der Waals surface area (Å²) < 4.78 is 10.5. The maximum Gasteiger partial charge on any atom is 0.339 e. The van der Waals surface area contributed by atoms with Crippen LogP contribution in [0.15, 0.2) is 24.4 Å². The maximum absolute atomic E-state index is 11.5. The van der Waals surface area contributed by atoms with E-state index < -0.39 is 5.97 Å². The number of carbonyl (C=O) groups is 1. The summed E-state index contributed by atoms with van der Waals surface area (Å²) >= 11 is 0. The molecule has 0 bridgehead atoms. The molecule has 1 aliphatic rings. The third-order valence-electron chi connectivity index (χ3n) is 4.07. The van der Waals surface area contributed by atoms with Crippen molar-refractivity contribution < 1.29 is 19.4 Å². The minimum Gasteiger partial charge on any atom is -0.478 e. The first-order valence-corrected chi connectivity index (χ1v) is 7.93. The van der Waals surface area contributed by atoms with Crippen LogP contribution >= 0.6 is 0 Å². The molecular formula is C17H21N3O4. The van der Waals surface area contributed by atoms with Crippen molar-refractivity contribution in [2.24, 2.45) is 0 Å². The predicted molar refractivity (Wildman–Crippen MR) is 92.1 cm³/mol. The van der Waals surface area contributed by atoms with Gasteiger partial charge in [-0.3, -0.25) is 4.98 Å². The van der Waals surface area contributed by atoms with Crippen LogP contribution in [0.3, 0.4) is 0 Å². The number of hydrogen-bond donors (Lipinski definition) is 2. The zero-order valence-electron chi connectivity index (χ0n) is 13.6. The van der Waals surface area contributed by atoms with E-state index in [0.717, 1.165) is 29.7 Å². The first kappa shape index (κ1) is 16.5. The number of fused-ring (bicyclic) bond motifs is 1. The monoisotopic (exact) mass is 331 g/mol. The largest absolute Gasteiger partial charge is 0.478 e. The molecule has 1 aliphatic heterocycles. The minimum absolute atomic E-state index is 0.165. The van der Waals surface area contributed by atoms with Gasteiger partial charge in [-0.05, 0) is 6.07 Å². The standard InChI is InChI=1S/C17H21N3O4/c1-23-8-5-18-15-12-3-2-4-14(20-6-9-24-10-7-20)16(12)19-11-13(15)17(21)22/h2-4,11H,5-10H2,1H3,(H,18,19)(H,21,22). The molecule has 2 N–H and O–H groups in total. The molecule has 1 saturated heterocycles. The second-order valence-corrected chi connectivity index (χ2v) is 5.54. The van der Waals surface area contributed by atoms with E-state index in [0.29, 0.717) is 32.1 Å². The first-order valence-electron chi connectivity index (χ1n) is 7.93. The fraction of sp³-hybridized carbons (Fsp3) is 0.412. The highest BCUT2D eigenvalue weighted by atomic mass is 16.5. The first-order chi connectivity index (χ1) is 11.7. The SMILES string of the molecule is COCCNc1c(C(=O)O)cnc2c(N3CCOCC3)cccc12. The van der Waals surface area contributed by atoms with Gasteiger partial charge in [0.2, 0.25) is 0 Å². The number of ether oxygens (including phenoxy) is 2. The molecule has 2 heterocycles. The quantitative estimate of drug-likeness (QED) is 0.781. The van der Waals surface area contributed by atoms with Crippen LogP contribution in [0.2, 0.25) is 0 Å². The predicted octanol–water partition coefficient (Wildman–Crippen LogP) is 1.83. The molecule has 128 valence electrons. The van der Waals surface area contributed by atoms with Crippen LogP contribution in [0, 0.1) is 0 Å². The molecule has 0 amide bonds. The van der Waals surface area contributed by atoms with Gasteiger partial charge in [-0.1, -0.05) is 12.1 Å². The van der Waals surface area contributed by atoms with E-state index in [-0.39, 0.29) is 5.56 Å². The summed E-state index contributed by atoms with van der Waals surface area (Å²) in [6, 6.07) is 5.84. The maximum atomic E-state index is 11.5. The average Bonchev–Trinajstić information content (AvgIpc) is 2.62. The number of para-hydroxylation sites is 1. The Balaban J connectivity index is 2.07. The lowest BCUT2D eigenvalue weighted by Crippen LogP contribution is -2.36. The van der Waals surface area contributed by atoms with Gasteiger partial charge in [-0.15, -0.1) is 0 Å². The van der Waals surface area contributed by atoms with Crippen LogP contribution in [0.25, 0.3) is 10.9 Å². The van der Waals surface area contributed by atoms with Crippen LogP contribution in [0.5, 0.6) is 0 Å². The normalized spacial score (nSPS) is 14.8. The smallest absolute Gasteiger partial charge is 0.339 e. The Morgan fingerprint density at radius 1 is 1.42 bits per heavy atom. The highest BCUT2D eigenvalue weighted by molar-refractivity contribution is 6.07. The van der Waals surface area contributed by atoms with E-state index in [1.165, 1.54) is 6.20 Å². The molecule has 0 spiro atoms. The van der Waals surface area contributed by atoms with Crippen molar-refractivity contribution in [1.29, 1.82) is 0 Å². The van der Waals surface area contributed by atoms with Gasteiger partial charge in [0.05, 0.1) is 36.7 Å². The highest BCUT2D eigenvalue weighted by Crippen LogP contribution is 2.32. The molecule has 0 unspecified atom stereocenters. The number of methoxy groups -OCH3 is 1. The number of nitrogens with zero attached hydrogens (tertiary/aromatic N) is 2. The van der Waals surface area contributed by atoms with E-state index in [1.807, 2.05) is 18.2 Å². The second-order valence-electron chi connectivity index (χ2n) is 5.54. The Labute approximate surface area is 140 Å².